The molecular weight excluding hydrogens is 419 g/mol. The number of fused-ring (bicyclic) bond motifs is 1. The van der Waals surface area contributed by atoms with Gasteiger partial charge in [-0.15, -0.1) is 0 Å². The molecule has 0 bridgehead atoms. The van der Waals surface area contributed by atoms with Gasteiger partial charge in [-0.05, 0) is 47.0 Å². The normalized spacial score (nSPS) is 17.6. The molecule has 1 aliphatic heterocycles. The summed E-state index contributed by atoms with van der Waals surface area (Å²) in [6.45, 7) is 0.728. The van der Waals surface area contributed by atoms with Gasteiger partial charge in [-0.1, -0.05) is 33.6 Å². The minimum Gasteiger partial charge on any atom is -0.493 e. The van der Waals surface area contributed by atoms with E-state index in [2.05, 4.69) is 48.2 Å². The SMILES string of the molecule is Clc1ncc(Br)cc1NC1CCCOc2cc(Br)ccc21. The summed E-state index contributed by atoms with van der Waals surface area (Å²) < 4.78 is 7.74. The smallest absolute Gasteiger partial charge is 0.152 e. The molecule has 6 heteroatoms. The Balaban J connectivity index is 1.94. The number of pyridine rings is 1. The van der Waals surface area contributed by atoms with Gasteiger partial charge in [0.1, 0.15) is 5.75 Å². The van der Waals surface area contributed by atoms with E-state index in [0.717, 1.165) is 45.4 Å². The summed E-state index contributed by atoms with van der Waals surface area (Å²) in [5.74, 6) is 0.915. The number of ether oxygens (including phenoxy) is 1. The number of hydrogen-bond acceptors (Lipinski definition) is 3. The molecule has 1 aromatic heterocycles. The van der Waals surface area contributed by atoms with Gasteiger partial charge in [-0.25, -0.2) is 4.98 Å². The van der Waals surface area contributed by atoms with Gasteiger partial charge in [0.05, 0.1) is 18.3 Å². The van der Waals surface area contributed by atoms with Crippen molar-refractivity contribution in [1.82, 2.24) is 4.98 Å². The van der Waals surface area contributed by atoms with Crippen LogP contribution in [0.4, 0.5) is 5.69 Å². The third-order valence-electron chi connectivity index (χ3n) is 3.38. The Morgan fingerprint density at radius 2 is 2.10 bits per heavy atom. The Morgan fingerprint density at radius 3 is 2.95 bits per heavy atom. The van der Waals surface area contributed by atoms with Crippen molar-refractivity contribution in [2.24, 2.45) is 0 Å². The van der Waals surface area contributed by atoms with Gasteiger partial charge in [0.25, 0.3) is 0 Å². The van der Waals surface area contributed by atoms with Crippen LogP contribution in [0.2, 0.25) is 5.15 Å². The molecule has 3 rings (SSSR count). The lowest BCUT2D eigenvalue weighted by atomic mass is 10.0. The summed E-state index contributed by atoms with van der Waals surface area (Å²) in [5, 5.41) is 3.96. The van der Waals surface area contributed by atoms with Crippen molar-refractivity contribution >= 4 is 49.1 Å². The van der Waals surface area contributed by atoms with Crippen molar-refractivity contribution < 1.29 is 4.74 Å². The predicted molar refractivity (Wildman–Crippen MR) is 92.2 cm³/mol. The first-order chi connectivity index (χ1) is 10.1. The lowest BCUT2D eigenvalue weighted by Crippen LogP contribution is -2.11. The number of hydrogen-bond donors (Lipinski definition) is 1. The summed E-state index contributed by atoms with van der Waals surface area (Å²) in [6, 6.07) is 8.23. The zero-order chi connectivity index (χ0) is 14.8. The molecule has 0 saturated carbocycles. The molecule has 1 aromatic carbocycles. The molecule has 0 spiro atoms. The highest BCUT2D eigenvalue weighted by Crippen LogP contribution is 2.37. The molecule has 0 amide bonds. The highest BCUT2D eigenvalue weighted by Gasteiger charge is 2.21. The van der Waals surface area contributed by atoms with Crippen LogP contribution in [0.25, 0.3) is 0 Å². The molecule has 0 fully saturated rings. The summed E-state index contributed by atoms with van der Waals surface area (Å²) >= 11 is 13.1. The summed E-state index contributed by atoms with van der Waals surface area (Å²) in [5.41, 5.74) is 1.97. The van der Waals surface area contributed by atoms with Crippen molar-refractivity contribution in [3.63, 3.8) is 0 Å². The van der Waals surface area contributed by atoms with Crippen molar-refractivity contribution in [3.8, 4) is 5.75 Å². The maximum atomic E-state index is 6.18. The van der Waals surface area contributed by atoms with E-state index < -0.39 is 0 Å². The maximum Gasteiger partial charge on any atom is 0.152 e. The molecular formula is C15H13Br2ClN2O. The average molecular weight is 433 g/mol. The monoisotopic (exact) mass is 430 g/mol. The molecule has 2 heterocycles. The van der Waals surface area contributed by atoms with E-state index in [-0.39, 0.29) is 6.04 Å². The summed E-state index contributed by atoms with van der Waals surface area (Å²) in [7, 11) is 0. The second-order valence-corrected chi connectivity index (χ2v) is 7.05. The van der Waals surface area contributed by atoms with Crippen LogP contribution in [-0.2, 0) is 0 Å². The van der Waals surface area contributed by atoms with Crippen LogP contribution < -0.4 is 10.1 Å². The van der Waals surface area contributed by atoms with Crippen LogP contribution in [0.3, 0.4) is 0 Å². The lowest BCUT2D eigenvalue weighted by molar-refractivity contribution is 0.316. The molecule has 2 aromatic rings. The Bertz CT molecular complexity index is 666. The first kappa shape index (κ1) is 15.1. The number of halogens is 3. The molecule has 1 N–H and O–H groups in total. The van der Waals surface area contributed by atoms with Crippen molar-refractivity contribution in [1.29, 1.82) is 0 Å². The second kappa shape index (κ2) is 6.55. The van der Waals surface area contributed by atoms with E-state index in [9.17, 15) is 0 Å². The zero-order valence-electron chi connectivity index (χ0n) is 11.1. The number of benzene rings is 1. The van der Waals surface area contributed by atoms with Crippen LogP contribution in [-0.4, -0.2) is 11.6 Å². The molecule has 0 radical (unpaired) electrons. The van der Waals surface area contributed by atoms with Crippen molar-refractivity contribution in [3.05, 3.63) is 50.1 Å². The molecule has 1 atom stereocenters. The molecule has 21 heavy (non-hydrogen) atoms. The van der Waals surface area contributed by atoms with E-state index in [1.807, 2.05) is 18.2 Å². The fourth-order valence-electron chi connectivity index (χ4n) is 2.41. The van der Waals surface area contributed by atoms with Gasteiger partial charge < -0.3 is 10.1 Å². The predicted octanol–water partition coefficient (Wildman–Crippen LogP) is 5.59. The number of anilines is 1. The highest BCUT2D eigenvalue weighted by molar-refractivity contribution is 9.10. The Morgan fingerprint density at radius 1 is 1.24 bits per heavy atom. The highest BCUT2D eigenvalue weighted by atomic mass is 79.9. The first-order valence-electron chi connectivity index (χ1n) is 6.63. The van der Waals surface area contributed by atoms with Crippen molar-refractivity contribution in [2.75, 3.05) is 11.9 Å². The summed E-state index contributed by atoms with van der Waals surface area (Å²) in [6.07, 6.45) is 3.66. The number of nitrogens with zero attached hydrogens (tertiary/aromatic N) is 1. The Labute approximate surface area is 145 Å². The van der Waals surface area contributed by atoms with Crippen LogP contribution in [0.1, 0.15) is 24.4 Å². The standard InChI is InChI=1S/C15H13Br2ClN2O/c16-9-3-4-11-12(2-1-5-21-14(11)7-9)20-13-6-10(17)8-19-15(13)18/h3-4,6-8,12,20H,1-2,5H2. The number of rotatable bonds is 2. The van der Waals surface area contributed by atoms with E-state index >= 15 is 0 Å². The van der Waals surface area contributed by atoms with Gasteiger partial charge >= 0.3 is 0 Å². The van der Waals surface area contributed by atoms with Crippen LogP contribution in [0, 0.1) is 0 Å². The third-order valence-corrected chi connectivity index (χ3v) is 4.61. The van der Waals surface area contributed by atoms with Gasteiger partial charge in [0, 0.05) is 20.7 Å². The number of nitrogens with one attached hydrogen (secondary N) is 1. The minimum atomic E-state index is 0.157. The first-order valence-corrected chi connectivity index (χ1v) is 8.60. The molecule has 3 nitrogen and oxygen atoms in total. The van der Waals surface area contributed by atoms with E-state index in [1.54, 1.807) is 6.20 Å². The van der Waals surface area contributed by atoms with Crippen LogP contribution >= 0.6 is 43.5 Å². The van der Waals surface area contributed by atoms with E-state index in [4.69, 9.17) is 16.3 Å². The quantitative estimate of drug-likeness (QED) is 0.629. The average Bonchev–Trinajstić information content (AvgIpc) is 2.65. The number of aromatic nitrogens is 1. The molecule has 1 aliphatic rings. The topological polar surface area (TPSA) is 34.2 Å². The third kappa shape index (κ3) is 3.52. The molecule has 110 valence electrons. The van der Waals surface area contributed by atoms with Gasteiger partial charge in [0.15, 0.2) is 5.15 Å². The van der Waals surface area contributed by atoms with Crippen molar-refractivity contribution in [2.45, 2.75) is 18.9 Å². The Hall–Kier alpha value is -0.780. The maximum absolute atomic E-state index is 6.18. The van der Waals surface area contributed by atoms with Crippen LogP contribution in [0.15, 0.2) is 39.4 Å². The van der Waals surface area contributed by atoms with E-state index in [1.165, 1.54) is 0 Å². The lowest BCUT2D eigenvalue weighted by Gasteiger charge is -2.20. The van der Waals surface area contributed by atoms with Gasteiger partial charge in [0.2, 0.25) is 0 Å². The summed E-state index contributed by atoms with van der Waals surface area (Å²) in [4.78, 5) is 4.15. The second-order valence-electron chi connectivity index (χ2n) is 4.86. The molecule has 0 aliphatic carbocycles. The largest absolute Gasteiger partial charge is 0.493 e. The Kier molecular flexibility index (Phi) is 4.72. The van der Waals surface area contributed by atoms with E-state index in [0.29, 0.717) is 5.15 Å². The molecule has 1 unspecified atom stereocenters. The zero-order valence-corrected chi connectivity index (χ0v) is 15.0. The minimum absolute atomic E-state index is 0.157. The van der Waals surface area contributed by atoms with Gasteiger partial charge in [-0.3, -0.25) is 0 Å². The molecule has 0 saturated heterocycles. The van der Waals surface area contributed by atoms with Gasteiger partial charge in [-0.2, -0.15) is 0 Å². The fraction of sp³-hybridized carbons (Fsp3) is 0.267. The van der Waals surface area contributed by atoms with Crippen LogP contribution in [0.5, 0.6) is 5.75 Å². The fourth-order valence-corrected chi connectivity index (χ4v) is 3.24.